The summed E-state index contributed by atoms with van der Waals surface area (Å²) in [6, 6.07) is 14.1. The van der Waals surface area contributed by atoms with Gasteiger partial charge in [-0.3, -0.25) is 4.79 Å². The fraction of sp³-hybridized carbons (Fsp3) is 0.300. The molecule has 1 amide bonds. The molecule has 0 radical (unpaired) electrons. The average Bonchev–Trinajstić information content (AvgIpc) is 2.76. The lowest BCUT2D eigenvalue weighted by atomic mass is 10.1. The van der Waals surface area contributed by atoms with Gasteiger partial charge >= 0.3 is 0 Å². The third-order valence-electron chi connectivity index (χ3n) is 4.91. The van der Waals surface area contributed by atoms with Crippen molar-refractivity contribution in [3.8, 4) is 0 Å². The zero-order chi connectivity index (χ0) is 16.5. The Morgan fingerprint density at radius 1 is 1.04 bits per heavy atom. The topological polar surface area (TPSA) is 60.9 Å². The molecule has 0 unspecified atom stereocenters. The first-order valence-electron chi connectivity index (χ1n) is 8.59. The van der Waals surface area contributed by atoms with Crippen molar-refractivity contribution in [1.29, 1.82) is 0 Å². The molecule has 1 aromatic carbocycles. The number of amides is 1. The van der Waals surface area contributed by atoms with E-state index >= 15 is 0 Å². The van der Waals surface area contributed by atoms with Crippen LogP contribution in [0.3, 0.4) is 0 Å². The van der Waals surface area contributed by atoms with Crippen LogP contribution in [0.4, 0.5) is 0 Å². The Bertz CT molecular complexity index is 910. The number of benzene rings is 1. The smallest absolute Gasteiger partial charge is 0.267 e. The molecule has 0 atom stereocenters. The predicted molar refractivity (Wildman–Crippen MR) is 95.1 cm³/mol. The van der Waals surface area contributed by atoms with Crippen molar-refractivity contribution < 1.29 is 4.79 Å². The van der Waals surface area contributed by atoms with E-state index in [1.165, 1.54) is 41.4 Å². The first-order valence-corrected chi connectivity index (χ1v) is 8.59. The van der Waals surface area contributed by atoms with Gasteiger partial charge < -0.3 is 10.3 Å². The SMILES string of the molecule is NC(=O)c1cccc(Cn2c3c(c4ccccc42)CCCCC3)n1. The average molecular weight is 319 g/mol. The lowest BCUT2D eigenvalue weighted by Crippen LogP contribution is -2.15. The van der Waals surface area contributed by atoms with E-state index in [0.29, 0.717) is 12.2 Å². The van der Waals surface area contributed by atoms with Gasteiger partial charge in [0.1, 0.15) is 5.69 Å². The molecule has 0 fully saturated rings. The monoisotopic (exact) mass is 319 g/mol. The largest absolute Gasteiger partial charge is 0.364 e. The van der Waals surface area contributed by atoms with Crippen molar-refractivity contribution in [3.05, 3.63) is 65.1 Å². The van der Waals surface area contributed by atoms with Crippen LogP contribution in [0.25, 0.3) is 10.9 Å². The summed E-state index contributed by atoms with van der Waals surface area (Å²) in [5.74, 6) is -0.479. The molecule has 4 nitrogen and oxygen atoms in total. The van der Waals surface area contributed by atoms with Crippen LogP contribution in [-0.4, -0.2) is 15.5 Å². The maximum atomic E-state index is 11.4. The van der Waals surface area contributed by atoms with E-state index in [9.17, 15) is 4.79 Å². The molecule has 2 N–H and O–H groups in total. The number of hydrogen-bond acceptors (Lipinski definition) is 2. The minimum Gasteiger partial charge on any atom is -0.364 e. The molecule has 0 saturated carbocycles. The van der Waals surface area contributed by atoms with Gasteiger partial charge in [0.25, 0.3) is 5.91 Å². The van der Waals surface area contributed by atoms with Gasteiger partial charge in [-0.25, -0.2) is 4.98 Å². The number of nitrogens with two attached hydrogens (primary N) is 1. The quantitative estimate of drug-likeness (QED) is 0.752. The fourth-order valence-electron chi connectivity index (χ4n) is 3.81. The number of hydrogen-bond donors (Lipinski definition) is 1. The second-order valence-electron chi connectivity index (χ2n) is 6.47. The number of aryl methyl sites for hydroxylation is 1. The number of nitrogens with zero attached hydrogens (tertiary/aromatic N) is 2. The van der Waals surface area contributed by atoms with Gasteiger partial charge in [0.05, 0.1) is 12.2 Å². The Kier molecular flexibility index (Phi) is 3.81. The van der Waals surface area contributed by atoms with Crippen molar-refractivity contribution >= 4 is 16.8 Å². The van der Waals surface area contributed by atoms with E-state index in [2.05, 4.69) is 33.8 Å². The Balaban J connectivity index is 1.83. The van der Waals surface area contributed by atoms with Crippen LogP contribution in [0.2, 0.25) is 0 Å². The highest BCUT2D eigenvalue weighted by molar-refractivity contribution is 5.90. The number of carbonyl (C=O) groups is 1. The highest BCUT2D eigenvalue weighted by Gasteiger charge is 2.19. The Morgan fingerprint density at radius 3 is 2.75 bits per heavy atom. The molecule has 0 bridgehead atoms. The number of pyridine rings is 1. The second-order valence-corrected chi connectivity index (χ2v) is 6.47. The number of para-hydroxylation sites is 1. The predicted octanol–water partition coefficient (Wildman–Crippen LogP) is 3.45. The first kappa shape index (κ1) is 14.9. The van der Waals surface area contributed by atoms with E-state index < -0.39 is 5.91 Å². The molecule has 122 valence electrons. The molecule has 0 spiro atoms. The molecule has 2 aromatic heterocycles. The molecule has 0 aliphatic heterocycles. The van der Waals surface area contributed by atoms with Gasteiger partial charge in [-0.15, -0.1) is 0 Å². The van der Waals surface area contributed by atoms with Crippen LogP contribution < -0.4 is 5.73 Å². The van der Waals surface area contributed by atoms with Crippen molar-refractivity contribution in [1.82, 2.24) is 9.55 Å². The fourth-order valence-corrected chi connectivity index (χ4v) is 3.81. The summed E-state index contributed by atoms with van der Waals surface area (Å²) in [7, 11) is 0. The molecular weight excluding hydrogens is 298 g/mol. The van der Waals surface area contributed by atoms with E-state index in [4.69, 9.17) is 5.73 Å². The number of aromatic nitrogens is 2. The first-order chi connectivity index (χ1) is 11.7. The highest BCUT2D eigenvalue weighted by atomic mass is 16.1. The van der Waals surface area contributed by atoms with Crippen LogP contribution in [0, 0.1) is 0 Å². The number of primary amides is 1. The molecule has 1 aliphatic carbocycles. The lowest BCUT2D eigenvalue weighted by molar-refractivity contribution is 0.0995. The number of fused-ring (bicyclic) bond motifs is 3. The Morgan fingerprint density at radius 2 is 1.88 bits per heavy atom. The molecule has 2 heterocycles. The van der Waals surface area contributed by atoms with Crippen molar-refractivity contribution in [2.45, 2.75) is 38.6 Å². The van der Waals surface area contributed by atoms with Gasteiger partial charge in [-0.2, -0.15) is 0 Å². The Hall–Kier alpha value is -2.62. The second kappa shape index (κ2) is 6.11. The summed E-state index contributed by atoms with van der Waals surface area (Å²) in [6.07, 6.45) is 6.05. The molecule has 1 aliphatic rings. The van der Waals surface area contributed by atoms with Crippen LogP contribution in [0.15, 0.2) is 42.5 Å². The Labute approximate surface area is 141 Å². The minimum absolute atomic E-state index is 0.329. The molecule has 4 heteroatoms. The minimum atomic E-state index is -0.479. The zero-order valence-electron chi connectivity index (χ0n) is 13.7. The van der Waals surface area contributed by atoms with E-state index in [0.717, 1.165) is 18.5 Å². The van der Waals surface area contributed by atoms with Crippen molar-refractivity contribution in [2.75, 3.05) is 0 Å². The number of carbonyl (C=O) groups excluding carboxylic acids is 1. The normalized spacial score (nSPS) is 14.3. The van der Waals surface area contributed by atoms with Crippen LogP contribution >= 0.6 is 0 Å². The molecular formula is C20H21N3O. The van der Waals surface area contributed by atoms with Crippen molar-refractivity contribution in [2.24, 2.45) is 5.73 Å². The third-order valence-corrected chi connectivity index (χ3v) is 4.91. The van der Waals surface area contributed by atoms with E-state index in [1.54, 1.807) is 6.07 Å². The summed E-state index contributed by atoms with van der Waals surface area (Å²) in [4.78, 5) is 15.8. The van der Waals surface area contributed by atoms with Crippen LogP contribution in [0.1, 0.15) is 46.7 Å². The van der Waals surface area contributed by atoms with Gasteiger partial charge in [-0.1, -0.05) is 30.7 Å². The zero-order valence-corrected chi connectivity index (χ0v) is 13.7. The molecule has 3 aromatic rings. The third kappa shape index (κ3) is 2.58. The van der Waals surface area contributed by atoms with Gasteiger partial charge in [0.2, 0.25) is 0 Å². The standard InChI is InChI=1S/C20H21N3O/c21-20(24)17-10-6-7-14(22-17)13-23-18-11-3-1-2-8-15(18)16-9-4-5-12-19(16)23/h4-7,9-10,12H,1-3,8,11,13H2,(H2,21,24). The summed E-state index contributed by atoms with van der Waals surface area (Å²) >= 11 is 0. The van der Waals surface area contributed by atoms with E-state index in [-0.39, 0.29) is 0 Å². The summed E-state index contributed by atoms with van der Waals surface area (Å²) in [5.41, 5.74) is 10.8. The highest BCUT2D eigenvalue weighted by Crippen LogP contribution is 2.31. The number of rotatable bonds is 3. The van der Waals surface area contributed by atoms with Crippen LogP contribution in [0.5, 0.6) is 0 Å². The van der Waals surface area contributed by atoms with E-state index in [1.807, 2.05) is 12.1 Å². The van der Waals surface area contributed by atoms with Crippen molar-refractivity contribution in [3.63, 3.8) is 0 Å². The summed E-state index contributed by atoms with van der Waals surface area (Å²) < 4.78 is 2.38. The molecule has 4 rings (SSSR count). The molecule has 0 saturated heterocycles. The molecule has 24 heavy (non-hydrogen) atoms. The lowest BCUT2D eigenvalue weighted by Gasteiger charge is -2.11. The maximum absolute atomic E-state index is 11.4. The van der Waals surface area contributed by atoms with Crippen LogP contribution in [-0.2, 0) is 19.4 Å². The van der Waals surface area contributed by atoms with Gasteiger partial charge in [-0.05, 0) is 49.4 Å². The summed E-state index contributed by atoms with van der Waals surface area (Å²) in [6.45, 7) is 0.678. The maximum Gasteiger partial charge on any atom is 0.267 e. The van der Waals surface area contributed by atoms with Gasteiger partial charge in [0.15, 0.2) is 0 Å². The van der Waals surface area contributed by atoms with Gasteiger partial charge in [0, 0.05) is 16.6 Å². The summed E-state index contributed by atoms with van der Waals surface area (Å²) in [5, 5.41) is 1.36.